The maximum Gasteiger partial charge on any atom is 0.333 e. The zero-order chi connectivity index (χ0) is 22.3. The molecule has 166 valence electrons. The van der Waals surface area contributed by atoms with Crippen molar-refractivity contribution in [2.75, 3.05) is 6.61 Å². The Morgan fingerprint density at radius 1 is 0.969 bits per heavy atom. The Morgan fingerprint density at radius 3 is 2.28 bits per heavy atom. The van der Waals surface area contributed by atoms with Crippen molar-refractivity contribution in [1.82, 2.24) is 9.55 Å². The normalized spacial score (nSPS) is 18.0. The molecule has 2 heterocycles. The molecule has 32 heavy (non-hydrogen) atoms. The van der Waals surface area contributed by atoms with Crippen LogP contribution in [0.15, 0.2) is 82.5 Å². The molecule has 6 nitrogen and oxygen atoms in total. The number of aryl methyl sites for hydroxylation is 1. The predicted octanol–water partition coefficient (Wildman–Crippen LogP) is 3.82. The smallest absolute Gasteiger partial charge is 0.333 e. The fourth-order valence-corrected chi connectivity index (χ4v) is 4.72. The third-order valence-electron chi connectivity index (χ3n) is 5.26. The van der Waals surface area contributed by atoms with Gasteiger partial charge in [0.05, 0.1) is 36.2 Å². The highest BCUT2D eigenvalue weighted by atomic mass is 32.2. The lowest BCUT2D eigenvalue weighted by molar-refractivity contribution is 0.0406. The zero-order valence-electron chi connectivity index (χ0n) is 17.9. The zero-order valence-corrected chi connectivity index (χ0v) is 18.7. The van der Waals surface area contributed by atoms with Crippen molar-refractivity contribution < 1.29 is 9.47 Å². The van der Waals surface area contributed by atoms with Crippen molar-refractivity contribution in [3.05, 3.63) is 110 Å². The highest BCUT2D eigenvalue weighted by Gasteiger charge is 2.31. The van der Waals surface area contributed by atoms with Crippen molar-refractivity contribution in [1.29, 1.82) is 0 Å². The molecule has 7 heteroatoms. The van der Waals surface area contributed by atoms with Crippen LogP contribution in [-0.4, -0.2) is 27.5 Å². The van der Waals surface area contributed by atoms with Gasteiger partial charge in [-0.3, -0.25) is 14.3 Å². The van der Waals surface area contributed by atoms with Crippen LogP contribution in [0.5, 0.6) is 0 Å². The first-order chi connectivity index (χ1) is 15.6. The number of aromatic amines is 1. The molecule has 0 fully saturated rings. The Hall–Kier alpha value is -2.87. The van der Waals surface area contributed by atoms with E-state index in [2.05, 4.69) is 4.98 Å². The predicted molar refractivity (Wildman–Crippen MR) is 127 cm³/mol. The molecule has 4 rings (SSSR count). The molecule has 0 saturated heterocycles. The summed E-state index contributed by atoms with van der Waals surface area (Å²) in [7, 11) is 0. The summed E-state index contributed by atoms with van der Waals surface area (Å²) in [4.78, 5) is 26.8. The van der Waals surface area contributed by atoms with Crippen LogP contribution >= 0.6 is 11.8 Å². The molecule has 1 aliphatic heterocycles. The third kappa shape index (κ3) is 5.48. The second-order valence-electron chi connectivity index (χ2n) is 7.56. The van der Waals surface area contributed by atoms with Gasteiger partial charge in [0, 0.05) is 11.8 Å². The van der Waals surface area contributed by atoms with Crippen molar-refractivity contribution in [3.63, 3.8) is 0 Å². The van der Waals surface area contributed by atoms with E-state index in [1.54, 1.807) is 6.20 Å². The summed E-state index contributed by atoms with van der Waals surface area (Å²) in [6, 6.07) is 20.0. The van der Waals surface area contributed by atoms with E-state index in [9.17, 15) is 9.59 Å². The fourth-order valence-electron chi connectivity index (χ4n) is 3.49. The number of nitrogens with one attached hydrogen (secondary N) is 1. The first-order valence-corrected chi connectivity index (χ1v) is 11.5. The highest BCUT2D eigenvalue weighted by Crippen LogP contribution is 2.37. The molecule has 0 spiro atoms. The molecule has 0 saturated carbocycles. The van der Waals surface area contributed by atoms with Gasteiger partial charge in [-0.15, -0.1) is 0 Å². The second-order valence-corrected chi connectivity index (χ2v) is 8.82. The molecule has 0 bridgehead atoms. The number of H-pyrrole nitrogens is 1. The van der Waals surface area contributed by atoms with E-state index in [-0.39, 0.29) is 16.9 Å². The Bertz CT molecular complexity index is 1170. The quantitative estimate of drug-likeness (QED) is 0.537. The van der Waals surface area contributed by atoms with Gasteiger partial charge in [0.25, 0.3) is 5.56 Å². The molecule has 2 aromatic carbocycles. The van der Waals surface area contributed by atoms with Gasteiger partial charge in [0.15, 0.2) is 0 Å². The lowest BCUT2D eigenvalue weighted by Gasteiger charge is -2.19. The van der Waals surface area contributed by atoms with Crippen LogP contribution in [0.3, 0.4) is 0 Å². The van der Waals surface area contributed by atoms with Gasteiger partial charge in [0.1, 0.15) is 0 Å². The number of hydrogen-bond acceptors (Lipinski definition) is 5. The number of thioether (sulfide) groups is 1. The van der Waals surface area contributed by atoms with E-state index in [0.29, 0.717) is 31.8 Å². The maximum atomic E-state index is 12.5. The summed E-state index contributed by atoms with van der Waals surface area (Å²) in [6.45, 7) is 3.34. The SMILES string of the molecule is CCc1cn(C2=C[C@H](OCc3ccccc3)[C@@H](COCc3ccccc3)S2)c(=O)[nH]c1=O. The van der Waals surface area contributed by atoms with Gasteiger partial charge in [-0.25, -0.2) is 4.79 Å². The van der Waals surface area contributed by atoms with Gasteiger partial charge < -0.3 is 9.47 Å². The number of aromatic nitrogens is 2. The molecule has 1 N–H and O–H groups in total. The minimum Gasteiger partial charge on any atom is -0.375 e. The third-order valence-corrected chi connectivity index (χ3v) is 6.54. The van der Waals surface area contributed by atoms with Crippen molar-refractivity contribution >= 4 is 16.8 Å². The Balaban J connectivity index is 1.51. The van der Waals surface area contributed by atoms with Crippen LogP contribution in [-0.2, 0) is 29.1 Å². The summed E-state index contributed by atoms with van der Waals surface area (Å²) >= 11 is 1.53. The van der Waals surface area contributed by atoms with Gasteiger partial charge in [0.2, 0.25) is 0 Å². The molecular formula is C25H26N2O4S. The highest BCUT2D eigenvalue weighted by molar-refractivity contribution is 8.08. The Morgan fingerprint density at radius 2 is 1.62 bits per heavy atom. The standard InChI is InChI=1S/C25H26N2O4S/c1-2-20-14-27(25(29)26-24(20)28)23-13-21(31-16-19-11-7-4-8-12-19)22(32-23)17-30-15-18-9-5-3-6-10-18/h3-14,21-22H,2,15-17H2,1H3,(H,26,28,29)/t21-,22+/m0/s1. The van der Waals surface area contributed by atoms with E-state index in [1.807, 2.05) is 73.7 Å². The van der Waals surface area contributed by atoms with Crippen molar-refractivity contribution in [2.45, 2.75) is 37.9 Å². The first-order valence-electron chi connectivity index (χ1n) is 10.6. The molecule has 3 aromatic rings. The number of nitrogens with zero attached hydrogens (tertiary/aromatic N) is 1. The molecule has 0 radical (unpaired) electrons. The number of rotatable bonds is 9. The van der Waals surface area contributed by atoms with Crippen LogP contribution in [0.1, 0.15) is 23.6 Å². The number of benzene rings is 2. The minimum atomic E-state index is -0.446. The Labute approximate surface area is 190 Å². The van der Waals surface area contributed by atoms with Crippen molar-refractivity contribution in [3.8, 4) is 0 Å². The van der Waals surface area contributed by atoms with E-state index in [1.165, 1.54) is 16.3 Å². The molecular weight excluding hydrogens is 424 g/mol. The molecule has 2 atom stereocenters. The maximum absolute atomic E-state index is 12.5. The average Bonchev–Trinajstić information content (AvgIpc) is 3.22. The van der Waals surface area contributed by atoms with E-state index < -0.39 is 5.69 Å². The molecule has 1 aliphatic rings. The van der Waals surface area contributed by atoms with Gasteiger partial charge in [-0.2, -0.15) is 0 Å². The molecule has 0 unspecified atom stereocenters. The average molecular weight is 451 g/mol. The summed E-state index contributed by atoms with van der Waals surface area (Å²) in [6.07, 6.45) is 3.89. The van der Waals surface area contributed by atoms with Crippen LogP contribution < -0.4 is 11.2 Å². The molecule has 0 aliphatic carbocycles. The molecule has 0 amide bonds. The first kappa shape index (κ1) is 22.3. The van der Waals surface area contributed by atoms with Crippen LogP contribution in [0.25, 0.3) is 5.03 Å². The lowest BCUT2D eigenvalue weighted by Crippen LogP contribution is -2.30. The number of hydrogen-bond donors (Lipinski definition) is 1. The second kappa shape index (κ2) is 10.6. The minimum absolute atomic E-state index is 0.0127. The van der Waals surface area contributed by atoms with Crippen LogP contribution in [0.2, 0.25) is 0 Å². The van der Waals surface area contributed by atoms with Gasteiger partial charge >= 0.3 is 5.69 Å². The summed E-state index contributed by atoms with van der Waals surface area (Å²) in [5, 5.41) is 0.730. The fraction of sp³-hybridized carbons (Fsp3) is 0.280. The van der Waals surface area contributed by atoms with Gasteiger partial charge in [-0.05, 0) is 23.6 Å². The summed E-state index contributed by atoms with van der Waals surface area (Å²) in [5.74, 6) is 0. The van der Waals surface area contributed by atoms with E-state index in [0.717, 1.165) is 16.2 Å². The van der Waals surface area contributed by atoms with E-state index >= 15 is 0 Å². The van der Waals surface area contributed by atoms with E-state index in [4.69, 9.17) is 9.47 Å². The lowest BCUT2D eigenvalue weighted by atomic mass is 10.2. The van der Waals surface area contributed by atoms with Crippen LogP contribution in [0.4, 0.5) is 0 Å². The topological polar surface area (TPSA) is 73.3 Å². The van der Waals surface area contributed by atoms with Crippen LogP contribution in [0, 0.1) is 0 Å². The Kier molecular flexibility index (Phi) is 7.42. The van der Waals surface area contributed by atoms with Gasteiger partial charge in [-0.1, -0.05) is 79.3 Å². The summed E-state index contributed by atoms with van der Waals surface area (Å²) in [5.41, 5.74) is 1.97. The van der Waals surface area contributed by atoms with Crippen molar-refractivity contribution in [2.24, 2.45) is 0 Å². The largest absolute Gasteiger partial charge is 0.375 e. The summed E-state index contributed by atoms with van der Waals surface area (Å²) < 4.78 is 13.7. The monoisotopic (exact) mass is 450 g/mol. The number of ether oxygens (including phenoxy) is 2. The molecule has 1 aromatic heterocycles.